The van der Waals surface area contributed by atoms with E-state index >= 15 is 0 Å². The van der Waals surface area contributed by atoms with Gasteiger partial charge in [0.15, 0.2) is 0 Å². The SMILES string of the molecule is CCN(Cc1ccccc1)C(C)CCC(C#N)(c1ccc(C(F)(F)F)c(C(F)(F)F)c1)C(C)C. The minimum Gasteiger partial charge on any atom is -0.297 e. The second kappa shape index (κ2) is 10.8. The van der Waals surface area contributed by atoms with Crippen LogP contribution < -0.4 is 0 Å². The molecule has 0 radical (unpaired) electrons. The topological polar surface area (TPSA) is 27.0 Å². The second-order valence-corrected chi connectivity index (χ2v) is 8.93. The molecule has 2 atom stereocenters. The Morgan fingerprint density at radius 1 is 0.882 bits per heavy atom. The van der Waals surface area contributed by atoms with E-state index in [1.54, 1.807) is 13.8 Å². The maximum absolute atomic E-state index is 13.5. The van der Waals surface area contributed by atoms with Crippen LogP contribution in [-0.2, 0) is 24.3 Å². The van der Waals surface area contributed by atoms with Crippen molar-refractivity contribution in [2.45, 2.75) is 70.9 Å². The van der Waals surface area contributed by atoms with Crippen LogP contribution in [0.15, 0.2) is 48.5 Å². The number of halogens is 6. The zero-order valence-corrected chi connectivity index (χ0v) is 19.8. The Balaban J connectivity index is 2.38. The van der Waals surface area contributed by atoms with E-state index in [-0.39, 0.29) is 18.0 Å². The highest BCUT2D eigenvalue weighted by atomic mass is 19.4. The highest BCUT2D eigenvalue weighted by Crippen LogP contribution is 2.44. The lowest BCUT2D eigenvalue weighted by Crippen LogP contribution is -2.37. The van der Waals surface area contributed by atoms with Crippen LogP contribution in [0.1, 0.15) is 62.8 Å². The number of nitriles is 1. The first-order valence-corrected chi connectivity index (χ1v) is 11.2. The number of hydrogen-bond acceptors (Lipinski definition) is 2. The summed E-state index contributed by atoms with van der Waals surface area (Å²) >= 11 is 0. The van der Waals surface area contributed by atoms with Gasteiger partial charge >= 0.3 is 12.4 Å². The number of rotatable bonds is 9. The molecule has 0 saturated heterocycles. The third-order valence-corrected chi connectivity index (χ3v) is 6.55. The Morgan fingerprint density at radius 3 is 1.94 bits per heavy atom. The largest absolute Gasteiger partial charge is 0.417 e. The summed E-state index contributed by atoms with van der Waals surface area (Å²) in [6.45, 7) is 8.82. The van der Waals surface area contributed by atoms with Gasteiger partial charge in [0.2, 0.25) is 0 Å². The Kier molecular flexibility index (Phi) is 8.81. The number of hydrogen-bond donors (Lipinski definition) is 0. The molecule has 0 spiro atoms. The van der Waals surface area contributed by atoms with Crippen LogP contribution in [0, 0.1) is 17.2 Å². The van der Waals surface area contributed by atoms with E-state index in [9.17, 15) is 31.6 Å². The summed E-state index contributed by atoms with van der Waals surface area (Å²) in [4.78, 5) is 2.20. The van der Waals surface area contributed by atoms with Crippen LogP contribution in [0.25, 0.3) is 0 Å². The molecule has 0 saturated carbocycles. The fraction of sp³-hybridized carbons (Fsp3) is 0.500. The number of nitrogens with zero attached hydrogens (tertiary/aromatic N) is 2. The Hall–Kier alpha value is -2.53. The predicted molar refractivity (Wildman–Crippen MR) is 120 cm³/mol. The van der Waals surface area contributed by atoms with Gasteiger partial charge in [-0.05, 0) is 55.5 Å². The molecule has 2 rings (SSSR count). The molecule has 2 unspecified atom stereocenters. The smallest absolute Gasteiger partial charge is 0.297 e. The lowest BCUT2D eigenvalue weighted by Gasteiger charge is -2.35. The summed E-state index contributed by atoms with van der Waals surface area (Å²) < 4.78 is 80.3. The fourth-order valence-corrected chi connectivity index (χ4v) is 4.34. The molecule has 2 nitrogen and oxygen atoms in total. The van der Waals surface area contributed by atoms with Gasteiger partial charge in [0.1, 0.15) is 0 Å². The Morgan fingerprint density at radius 2 is 1.47 bits per heavy atom. The molecule has 2 aromatic carbocycles. The van der Waals surface area contributed by atoms with E-state index in [4.69, 9.17) is 0 Å². The first kappa shape index (κ1) is 27.7. The van der Waals surface area contributed by atoms with Crippen molar-refractivity contribution >= 4 is 0 Å². The van der Waals surface area contributed by atoms with Gasteiger partial charge in [-0.3, -0.25) is 4.90 Å². The monoisotopic (exact) mass is 484 g/mol. The van der Waals surface area contributed by atoms with Gasteiger partial charge in [-0.1, -0.05) is 57.2 Å². The number of benzene rings is 2. The summed E-state index contributed by atoms with van der Waals surface area (Å²) in [6.07, 6.45) is -9.63. The molecule has 0 aromatic heterocycles. The van der Waals surface area contributed by atoms with Crippen LogP contribution >= 0.6 is 0 Å². The average Bonchev–Trinajstić information content (AvgIpc) is 2.77. The normalized spacial score (nSPS) is 15.3. The van der Waals surface area contributed by atoms with Crippen molar-refractivity contribution in [1.82, 2.24) is 4.90 Å². The van der Waals surface area contributed by atoms with Crippen molar-refractivity contribution in [3.63, 3.8) is 0 Å². The van der Waals surface area contributed by atoms with Crippen LogP contribution in [-0.4, -0.2) is 17.5 Å². The Bertz CT molecular complexity index is 976. The van der Waals surface area contributed by atoms with Crippen molar-refractivity contribution in [3.8, 4) is 6.07 Å². The minimum atomic E-state index is -5.19. The summed E-state index contributed by atoms with van der Waals surface area (Å²) in [6, 6.07) is 14.0. The molecule has 0 aliphatic carbocycles. The van der Waals surface area contributed by atoms with Crippen molar-refractivity contribution in [2.75, 3.05) is 6.54 Å². The van der Waals surface area contributed by atoms with E-state index in [0.717, 1.165) is 18.2 Å². The zero-order valence-electron chi connectivity index (χ0n) is 19.8. The van der Waals surface area contributed by atoms with Gasteiger partial charge in [-0.2, -0.15) is 31.6 Å². The van der Waals surface area contributed by atoms with Gasteiger partial charge in [0.05, 0.1) is 22.6 Å². The molecular weight excluding hydrogens is 454 g/mol. The molecule has 8 heteroatoms. The van der Waals surface area contributed by atoms with Crippen LogP contribution in [0.3, 0.4) is 0 Å². The predicted octanol–water partition coefficient (Wildman–Crippen LogP) is 7.83. The third-order valence-electron chi connectivity index (χ3n) is 6.55. The lowest BCUT2D eigenvalue weighted by molar-refractivity contribution is -0.162. The molecule has 0 aliphatic heterocycles. The quantitative estimate of drug-likeness (QED) is 0.339. The van der Waals surface area contributed by atoms with E-state index in [1.807, 2.05) is 44.2 Å². The molecule has 0 heterocycles. The maximum Gasteiger partial charge on any atom is 0.417 e. The minimum absolute atomic E-state index is 0.00761. The highest BCUT2D eigenvalue weighted by Gasteiger charge is 2.45. The zero-order chi connectivity index (χ0) is 25.7. The van der Waals surface area contributed by atoms with Gasteiger partial charge in [-0.15, -0.1) is 0 Å². The molecule has 0 N–H and O–H groups in total. The van der Waals surface area contributed by atoms with E-state index in [2.05, 4.69) is 11.0 Å². The van der Waals surface area contributed by atoms with E-state index in [1.165, 1.54) is 0 Å². The highest BCUT2D eigenvalue weighted by molar-refractivity contribution is 5.42. The average molecular weight is 485 g/mol. The van der Waals surface area contributed by atoms with Crippen LogP contribution in [0.5, 0.6) is 0 Å². The van der Waals surface area contributed by atoms with Crippen LogP contribution in [0.4, 0.5) is 26.3 Å². The molecular formula is C26H30F6N2. The lowest BCUT2D eigenvalue weighted by atomic mass is 9.68. The van der Waals surface area contributed by atoms with Gasteiger partial charge in [-0.25, -0.2) is 0 Å². The Labute approximate surface area is 197 Å². The van der Waals surface area contributed by atoms with Crippen molar-refractivity contribution < 1.29 is 26.3 Å². The van der Waals surface area contributed by atoms with Gasteiger partial charge in [0, 0.05) is 12.6 Å². The van der Waals surface area contributed by atoms with E-state index in [0.29, 0.717) is 25.1 Å². The summed E-state index contributed by atoms with van der Waals surface area (Å²) in [5, 5.41) is 10.1. The molecule has 0 bridgehead atoms. The molecule has 0 amide bonds. The summed E-state index contributed by atoms with van der Waals surface area (Å²) in [5.41, 5.74) is -3.78. The van der Waals surface area contributed by atoms with Crippen molar-refractivity contribution in [1.29, 1.82) is 5.26 Å². The van der Waals surface area contributed by atoms with Gasteiger partial charge < -0.3 is 0 Å². The van der Waals surface area contributed by atoms with E-state index < -0.39 is 34.8 Å². The summed E-state index contributed by atoms with van der Waals surface area (Å²) in [7, 11) is 0. The fourth-order valence-electron chi connectivity index (χ4n) is 4.34. The first-order valence-electron chi connectivity index (χ1n) is 11.2. The van der Waals surface area contributed by atoms with Crippen molar-refractivity contribution in [3.05, 3.63) is 70.8 Å². The van der Waals surface area contributed by atoms with Crippen molar-refractivity contribution in [2.24, 2.45) is 5.92 Å². The first-order chi connectivity index (χ1) is 15.8. The molecule has 34 heavy (non-hydrogen) atoms. The molecule has 0 aliphatic rings. The second-order valence-electron chi connectivity index (χ2n) is 8.93. The number of alkyl halides is 6. The molecule has 186 valence electrons. The third kappa shape index (κ3) is 6.32. The van der Waals surface area contributed by atoms with Crippen LogP contribution in [0.2, 0.25) is 0 Å². The maximum atomic E-state index is 13.5. The molecule has 2 aromatic rings. The molecule has 0 fully saturated rings. The standard InChI is InChI=1S/C26H30F6N2/c1-5-34(16-20-9-7-6-8-10-20)19(4)13-14-24(17-33,18(2)3)21-11-12-22(25(27,28)29)23(15-21)26(30,31)32/h6-12,15,18-19H,5,13-14,16H2,1-4H3. The summed E-state index contributed by atoms with van der Waals surface area (Å²) in [5.74, 6) is -0.410. The van der Waals surface area contributed by atoms with Gasteiger partial charge in [0.25, 0.3) is 0 Å².